The molecular weight excluding hydrogens is 628 g/mol. The maximum absolute atomic E-state index is 17.6. The lowest BCUT2D eigenvalue weighted by Crippen LogP contribution is -2.61. The van der Waals surface area contributed by atoms with E-state index in [1.165, 1.54) is 29.1 Å². The van der Waals surface area contributed by atoms with Crippen molar-refractivity contribution in [1.29, 1.82) is 0 Å². The van der Waals surface area contributed by atoms with Crippen LogP contribution in [0.5, 0.6) is 5.75 Å². The van der Waals surface area contributed by atoms with Crippen LogP contribution in [-0.2, 0) is 4.79 Å². The molecule has 2 aliphatic rings. The first-order valence-electron chi connectivity index (χ1n) is 15.5. The van der Waals surface area contributed by atoms with Crippen LogP contribution in [-0.4, -0.2) is 74.2 Å². The topological polar surface area (TPSA) is 108 Å². The van der Waals surface area contributed by atoms with Crippen LogP contribution in [0.1, 0.15) is 57.8 Å². The number of anilines is 2. The molecule has 0 bridgehead atoms. The van der Waals surface area contributed by atoms with Gasteiger partial charge in [-0.1, -0.05) is 51.9 Å². The summed E-state index contributed by atoms with van der Waals surface area (Å²) in [6.45, 7) is 14.1. The summed E-state index contributed by atoms with van der Waals surface area (Å²) in [4.78, 5) is 46.3. The summed E-state index contributed by atoms with van der Waals surface area (Å²) in [6, 6.07) is 2.94. The molecule has 4 aromatic rings. The van der Waals surface area contributed by atoms with Crippen LogP contribution in [0.2, 0.25) is 5.02 Å². The molecule has 13 heteroatoms. The van der Waals surface area contributed by atoms with Crippen LogP contribution in [0, 0.1) is 11.6 Å². The summed E-state index contributed by atoms with van der Waals surface area (Å²) in [5.41, 5.74) is -0.230. The molecule has 246 valence electrons. The number of carbonyl (C=O) groups excluding carboxylic acids is 1. The van der Waals surface area contributed by atoms with Crippen molar-refractivity contribution in [3.63, 3.8) is 0 Å². The third-order valence-corrected chi connectivity index (χ3v) is 9.36. The highest BCUT2D eigenvalue weighted by atomic mass is 35.5. The number of piperazine rings is 1. The summed E-state index contributed by atoms with van der Waals surface area (Å²) < 4.78 is 34.3. The second-order valence-electron chi connectivity index (χ2n) is 12.8. The van der Waals surface area contributed by atoms with Crippen molar-refractivity contribution in [2.24, 2.45) is 0 Å². The van der Waals surface area contributed by atoms with Gasteiger partial charge in [0.25, 0.3) is 0 Å². The Balaban J connectivity index is 1.83. The van der Waals surface area contributed by atoms with Gasteiger partial charge >= 0.3 is 5.69 Å². The average molecular weight is 664 g/mol. The van der Waals surface area contributed by atoms with Crippen LogP contribution < -0.4 is 15.5 Å². The number of aromatic hydroxyl groups is 1. The Morgan fingerprint density at radius 1 is 1.06 bits per heavy atom. The molecule has 10 nitrogen and oxygen atoms in total. The van der Waals surface area contributed by atoms with Crippen LogP contribution >= 0.6 is 11.6 Å². The molecule has 0 spiro atoms. The van der Waals surface area contributed by atoms with E-state index < -0.39 is 34.2 Å². The first-order chi connectivity index (χ1) is 22.3. The zero-order valence-corrected chi connectivity index (χ0v) is 27.8. The molecule has 47 heavy (non-hydrogen) atoms. The number of amides is 1. The predicted octanol–water partition coefficient (Wildman–Crippen LogP) is 5.77. The van der Waals surface area contributed by atoms with Gasteiger partial charge in [0.05, 0.1) is 44.8 Å². The van der Waals surface area contributed by atoms with Gasteiger partial charge in [-0.05, 0) is 37.0 Å². The average Bonchev–Trinajstić information content (AvgIpc) is 3.13. The van der Waals surface area contributed by atoms with Crippen molar-refractivity contribution in [3.8, 4) is 22.6 Å². The Kier molecular flexibility index (Phi) is 8.19. The first kappa shape index (κ1) is 32.4. The molecule has 4 heterocycles. The number of hydrogen-bond acceptors (Lipinski definition) is 8. The Bertz CT molecular complexity index is 1970. The monoisotopic (exact) mass is 663 g/mol. The van der Waals surface area contributed by atoms with Crippen LogP contribution in [0.25, 0.3) is 27.7 Å². The minimum atomic E-state index is -1.01. The van der Waals surface area contributed by atoms with Gasteiger partial charge in [-0.15, -0.1) is 0 Å². The molecule has 1 fully saturated rings. The van der Waals surface area contributed by atoms with E-state index in [1.54, 1.807) is 16.8 Å². The Morgan fingerprint density at radius 3 is 2.32 bits per heavy atom. The SMILES string of the molecule is C=CC(=O)N1CC(C)N2c3nc(=O)n(-c4c(C(C)C)ncnc4C(C)C)c4c(F)c(-c5c(O)cccc5F)c(Cl)c(c34)N(C)CC2C1. The largest absolute Gasteiger partial charge is 0.507 e. The molecule has 1 N–H and O–H groups in total. The maximum Gasteiger partial charge on any atom is 0.354 e. The lowest BCUT2D eigenvalue weighted by molar-refractivity contribution is -0.127. The van der Waals surface area contributed by atoms with Crippen molar-refractivity contribution in [2.45, 2.75) is 58.5 Å². The number of aromatic nitrogens is 4. The lowest BCUT2D eigenvalue weighted by Gasteiger charge is -2.46. The smallest absolute Gasteiger partial charge is 0.354 e. The van der Waals surface area contributed by atoms with E-state index >= 15 is 8.78 Å². The van der Waals surface area contributed by atoms with E-state index in [2.05, 4.69) is 21.5 Å². The van der Waals surface area contributed by atoms with Gasteiger partial charge in [0, 0.05) is 38.3 Å². The van der Waals surface area contributed by atoms with Crippen LogP contribution in [0.4, 0.5) is 20.3 Å². The molecule has 2 atom stereocenters. The fourth-order valence-corrected chi connectivity index (χ4v) is 7.44. The highest BCUT2D eigenvalue weighted by Gasteiger charge is 2.42. The maximum atomic E-state index is 17.6. The van der Waals surface area contributed by atoms with Gasteiger partial charge < -0.3 is 19.8 Å². The molecule has 0 aliphatic carbocycles. The molecule has 2 aromatic heterocycles. The molecule has 1 amide bonds. The minimum Gasteiger partial charge on any atom is -0.507 e. The summed E-state index contributed by atoms with van der Waals surface area (Å²) in [6.07, 6.45) is 2.68. The molecule has 1 saturated heterocycles. The molecule has 0 radical (unpaired) electrons. The molecule has 0 saturated carbocycles. The summed E-state index contributed by atoms with van der Waals surface area (Å²) in [5.74, 6) is -2.86. The Labute approximate surface area is 275 Å². The number of likely N-dealkylation sites (N-methyl/N-ethyl adjacent to an activating group) is 1. The second-order valence-corrected chi connectivity index (χ2v) is 13.2. The van der Waals surface area contributed by atoms with Crippen molar-refractivity contribution in [1.82, 2.24) is 24.4 Å². The van der Waals surface area contributed by atoms with E-state index in [9.17, 15) is 14.7 Å². The van der Waals surface area contributed by atoms with Gasteiger partial charge in [0.15, 0.2) is 5.82 Å². The number of halogens is 3. The van der Waals surface area contributed by atoms with Gasteiger partial charge in [-0.2, -0.15) is 4.98 Å². The molecule has 2 aliphatic heterocycles. The highest BCUT2D eigenvalue weighted by Crippen LogP contribution is 2.51. The quantitative estimate of drug-likeness (QED) is 0.268. The van der Waals surface area contributed by atoms with Gasteiger partial charge in [0.1, 0.15) is 29.2 Å². The summed E-state index contributed by atoms with van der Waals surface area (Å²) >= 11 is 7.09. The summed E-state index contributed by atoms with van der Waals surface area (Å²) in [5, 5.41) is 10.9. The number of phenols is 1. The normalized spacial score (nSPS) is 17.8. The zero-order valence-electron chi connectivity index (χ0n) is 27.1. The number of nitrogens with zero attached hydrogens (tertiary/aromatic N) is 7. The zero-order chi connectivity index (χ0) is 34.1. The number of fused-ring (bicyclic) bond motifs is 2. The van der Waals surface area contributed by atoms with E-state index in [1.807, 2.05) is 39.5 Å². The van der Waals surface area contributed by atoms with Crippen molar-refractivity contribution in [2.75, 3.05) is 36.5 Å². The number of benzene rings is 2. The fourth-order valence-electron chi connectivity index (χ4n) is 7.02. The minimum absolute atomic E-state index is 0.157. The third-order valence-electron chi connectivity index (χ3n) is 8.99. The molecule has 6 rings (SSSR count). The van der Waals surface area contributed by atoms with Crippen molar-refractivity contribution < 1.29 is 18.7 Å². The van der Waals surface area contributed by atoms with Gasteiger partial charge in [-0.3, -0.25) is 9.36 Å². The molecule has 2 aromatic carbocycles. The van der Waals surface area contributed by atoms with Gasteiger partial charge in [0.2, 0.25) is 5.91 Å². The first-order valence-corrected chi connectivity index (χ1v) is 15.9. The third kappa shape index (κ3) is 5.00. The molecule has 2 unspecified atom stereocenters. The fraction of sp³-hybridized carbons (Fsp3) is 0.382. The summed E-state index contributed by atoms with van der Waals surface area (Å²) in [7, 11) is 1.76. The van der Waals surface area contributed by atoms with E-state index in [0.29, 0.717) is 30.2 Å². The van der Waals surface area contributed by atoms with E-state index in [0.717, 1.165) is 6.07 Å². The lowest BCUT2D eigenvalue weighted by atomic mass is 9.97. The van der Waals surface area contributed by atoms with Gasteiger partial charge in [-0.25, -0.2) is 23.5 Å². The van der Waals surface area contributed by atoms with Crippen molar-refractivity contribution >= 4 is 39.9 Å². The Hall–Kier alpha value is -4.58. The molecular formula is C34H36ClF2N7O3. The number of hydrogen-bond donors (Lipinski definition) is 1. The number of phenolic OH excluding ortho intramolecular Hbond substituents is 1. The Morgan fingerprint density at radius 2 is 1.72 bits per heavy atom. The number of rotatable bonds is 5. The van der Waals surface area contributed by atoms with Crippen molar-refractivity contribution in [3.05, 3.63) is 75.7 Å². The van der Waals surface area contributed by atoms with Crippen LogP contribution in [0.3, 0.4) is 0 Å². The highest BCUT2D eigenvalue weighted by molar-refractivity contribution is 6.38. The standard InChI is InChI=1S/C34H36ClF2N7O3/c1-8-22(46)42-12-18(6)43-19(14-42)13-41(7)30-25-31(27(37)24(26(30)35)23-20(36)10-9-11-21(23)45)44(34(47)40-33(25)43)32-28(16(2)3)38-15-39-29(32)17(4)5/h8-11,15-19,45H,1,12-14H2,2-7H3. The van der Waals surface area contributed by atoms with E-state index in [-0.39, 0.29) is 63.8 Å². The number of carbonyl (C=O) groups is 1. The van der Waals surface area contributed by atoms with E-state index in [4.69, 9.17) is 11.6 Å². The second kappa shape index (κ2) is 11.9. The van der Waals surface area contributed by atoms with Crippen LogP contribution in [0.15, 0.2) is 42.0 Å². The predicted molar refractivity (Wildman–Crippen MR) is 179 cm³/mol.